The molecule has 1 aliphatic heterocycles. The van der Waals surface area contributed by atoms with Gasteiger partial charge in [-0.15, -0.1) is 0 Å². The van der Waals surface area contributed by atoms with Gasteiger partial charge in [0.25, 0.3) is 0 Å². The topological polar surface area (TPSA) is 38.3 Å². The summed E-state index contributed by atoms with van der Waals surface area (Å²) in [6.45, 7) is 4.42. The molecule has 108 valence electrons. The van der Waals surface area contributed by atoms with Gasteiger partial charge in [0.05, 0.1) is 12.7 Å². The lowest BCUT2D eigenvalue weighted by Crippen LogP contribution is -2.33. The van der Waals surface area contributed by atoms with Gasteiger partial charge in [-0.05, 0) is 18.1 Å². The molecular formula is C18H19NO2. The fraction of sp³-hybridized carbons (Fsp3) is 0.278. The van der Waals surface area contributed by atoms with Crippen LogP contribution in [-0.4, -0.2) is 25.5 Å². The first kappa shape index (κ1) is 14.0. The normalized spacial score (nSPS) is 18.4. The molecule has 1 unspecified atom stereocenters. The van der Waals surface area contributed by atoms with Crippen molar-refractivity contribution >= 4 is 5.78 Å². The summed E-state index contributed by atoms with van der Waals surface area (Å²) in [5, 5.41) is 3.31. The second-order valence-electron chi connectivity index (χ2n) is 5.33. The van der Waals surface area contributed by atoms with E-state index in [-0.39, 0.29) is 11.9 Å². The molecule has 1 atom stereocenters. The zero-order valence-electron chi connectivity index (χ0n) is 12.1. The van der Waals surface area contributed by atoms with Crippen molar-refractivity contribution in [1.29, 1.82) is 0 Å². The maximum absolute atomic E-state index is 12.5. The molecule has 0 radical (unpaired) electrons. The number of rotatable bonds is 3. The van der Waals surface area contributed by atoms with Crippen LogP contribution in [0.4, 0.5) is 0 Å². The summed E-state index contributed by atoms with van der Waals surface area (Å²) in [7, 11) is 0. The second kappa shape index (κ2) is 6.20. The smallest absolute Gasteiger partial charge is 0.193 e. The molecule has 21 heavy (non-hydrogen) atoms. The standard InChI is InChI=1S/C18H19NO2/c1-13-4-2-3-5-16(13)18(20)15-8-6-14(7-9-15)17-12-19-10-11-21-17/h2-9,17,19H,10-12H2,1H3. The van der Waals surface area contributed by atoms with E-state index >= 15 is 0 Å². The summed E-state index contributed by atoms with van der Waals surface area (Å²) in [4.78, 5) is 12.5. The minimum absolute atomic E-state index is 0.0716. The van der Waals surface area contributed by atoms with Crippen molar-refractivity contribution in [3.8, 4) is 0 Å². The Morgan fingerprint density at radius 1 is 1.14 bits per heavy atom. The number of hydrogen-bond acceptors (Lipinski definition) is 3. The van der Waals surface area contributed by atoms with E-state index in [4.69, 9.17) is 4.74 Å². The van der Waals surface area contributed by atoms with E-state index in [0.29, 0.717) is 0 Å². The highest BCUT2D eigenvalue weighted by molar-refractivity contribution is 6.09. The Kier molecular flexibility index (Phi) is 4.13. The Bertz CT molecular complexity index is 628. The molecule has 1 N–H and O–H groups in total. The Morgan fingerprint density at radius 3 is 2.57 bits per heavy atom. The molecule has 1 heterocycles. The van der Waals surface area contributed by atoms with Crippen molar-refractivity contribution < 1.29 is 9.53 Å². The number of aryl methyl sites for hydroxylation is 1. The van der Waals surface area contributed by atoms with E-state index in [0.717, 1.165) is 42.0 Å². The van der Waals surface area contributed by atoms with Gasteiger partial charge in [-0.1, -0.05) is 48.5 Å². The minimum atomic E-state index is 0.0716. The molecule has 2 aromatic carbocycles. The minimum Gasteiger partial charge on any atom is -0.371 e. The third kappa shape index (κ3) is 3.04. The van der Waals surface area contributed by atoms with Gasteiger partial charge in [-0.2, -0.15) is 0 Å². The Balaban J connectivity index is 1.80. The van der Waals surface area contributed by atoms with Crippen LogP contribution in [0.2, 0.25) is 0 Å². The third-order valence-corrected chi connectivity index (χ3v) is 3.86. The molecule has 3 rings (SSSR count). The lowest BCUT2D eigenvalue weighted by molar-refractivity contribution is 0.0277. The molecule has 0 aromatic heterocycles. The number of carbonyl (C=O) groups is 1. The summed E-state index contributed by atoms with van der Waals surface area (Å²) < 4.78 is 5.72. The summed E-state index contributed by atoms with van der Waals surface area (Å²) >= 11 is 0. The number of carbonyl (C=O) groups excluding carboxylic acids is 1. The molecule has 2 aromatic rings. The second-order valence-corrected chi connectivity index (χ2v) is 5.33. The van der Waals surface area contributed by atoms with E-state index in [1.54, 1.807) is 0 Å². The van der Waals surface area contributed by atoms with Gasteiger partial charge in [0.15, 0.2) is 5.78 Å². The average Bonchev–Trinajstić information content (AvgIpc) is 2.56. The molecule has 1 fully saturated rings. The third-order valence-electron chi connectivity index (χ3n) is 3.86. The van der Waals surface area contributed by atoms with Crippen LogP contribution in [0, 0.1) is 6.92 Å². The van der Waals surface area contributed by atoms with Crippen molar-refractivity contribution in [3.63, 3.8) is 0 Å². The summed E-state index contributed by atoms with van der Waals surface area (Å²) in [5.41, 5.74) is 3.60. The number of ether oxygens (including phenoxy) is 1. The van der Waals surface area contributed by atoms with Crippen molar-refractivity contribution in [2.24, 2.45) is 0 Å². The monoisotopic (exact) mass is 281 g/mol. The van der Waals surface area contributed by atoms with Crippen LogP contribution >= 0.6 is 0 Å². The predicted molar refractivity (Wildman–Crippen MR) is 82.6 cm³/mol. The molecule has 0 amide bonds. The van der Waals surface area contributed by atoms with Crippen molar-refractivity contribution in [1.82, 2.24) is 5.32 Å². The summed E-state index contributed by atoms with van der Waals surface area (Å²) in [6, 6.07) is 15.4. The lowest BCUT2D eigenvalue weighted by Gasteiger charge is -2.24. The molecular weight excluding hydrogens is 262 g/mol. The van der Waals surface area contributed by atoms with Gasteiger partial charge in [0, 0.05) is 24.2 Å². The number of morpholine rings is 1. The van der Waals surface area contributed by atoms with Gasteiger partial charge in [0.2, 0.25) is 0 Å². The molecule has 0 bridgehead atoms. The van der Waals surface area contributed by atoms with Crippen molar-refractivity contribution in [2.45, 2.75) is 13.0 Å². The van der Waals surface area contributed by atoms with E-state index < -0.39 is 0 Å². The number of ketones is 1. The fourth-order valence-corrected chi connectivity index (χ4v) is 2.61. The van der Waals surface area contributed by atoms with Crippen LogP contribution in [0.25, 0.3) is 0 Å². The predicted octanol–water partition coefficient (Wildman–Crippen LogP) is 2.89. The molecule has 1 aliphatic rings. The summed E-state index contributed by atoms with van der Waals surface area (Å²) in [6.07, 6.45) is 0.0846. The van der Waals surface area contributed by atoms with Gasteiger partial charge in [-0.3, -0.25) is 4.79 Å². The first-order chi connectivity index (χ1) is 10.3. The van der Waals surface area contributed by atoms with E-state index in [2.05, 4.69) is 5.32 Å². The van der Waals surface area contributed by atoms with Gasteiger partial charge >= 0.3 is 0 Å². The molecule has 0 aliphatic carbocycles. The van der Waals surface area contributed by atoms with Crippen molar-refractivity contribution in [3.05, 3.63) is 70.8 Å². The Labute approximate surface area is 124 Å². The maximum Gasteiger partial charge on any atom is 0.193 e. The van der Waals surface area contributed by atoms with Crippen molar-refractivity contribution in [2.75, 3.05) is 19.7 Å². The van der Waals surface area contributed by atoms with Gasteiger partial charge in [0.1, 0.15) is 0 Å². The fourth-order valence-electron chi connectivity index (χ4n) is 2.61. The number of hydrogen-bond donors (Lipinski definition) is 1. The average molecular weight is 281 g/mol. The lowest BCUT2D eigenvalue weighted by atomic mass is 9.97. The Morgan fingerprint density at radius 2 is 1.90 bits per heavy atom. The zero-order chi connectivity index (χ0) is 14.7. The number of nitrogens with one attached hydrogen (secondary N) is 1. The van der Waals surface area contributed by atoms with Crippen LogP contribution in [0.15, 0.2) is 48.5 Å². The van der Waals surface area contributed by atoms with E-state index in [9.17, 15) is 4.79 Å². The highest BCUT2D eigenvalue weighted by Crippen LogP contribution is 2.21. The Hall–Kier alpha value is -1.97. The van der Waals surface area contributed by atoms with Crippen LogP contribution in [0.1, 0.15) is 33.2 Å². The quantitative estimate of drug-likeness (QED) is 0.879. The zero-order valence-corrected chi connectivity index (χ0v) is 12.1. The highest BCUT2D eigenvalue weighted by Gasteiger charge is 2.16. The van der Waals surface area contributed by atoms with Crippen LogP contribution in [-0.2, 0) is 4.74 Å². The SMILES string of the molecule is Cc1ccccc1C(=O)c1ccc(C2CNCCO2)cc1. The van der Waals surface area contributed by atoms with Gasteiger partial charge in [-0.25, -0.2) is 0 Å². The highest BCUT2D eigenvalue weighted by atomic mass is 16.5. The number of benzene rings is 2. The summed E-state index contributed by atoms with van der Waals surface area (Å²) in [5.74, 6) is 0.0716. The maximum atomic E-state index is 12.5. The first-order valence-corrected chi connectivity index (χ1v) is 7.28. The molecule has 1 saturated heterocycles. The van der Waals surface area contributed by atoms with Crippen LogP contribution in [0.3, 0.4) is 0 Å². The molecule has 3 nitrogen and oxygen atoms in total. The molecule has 0 spiro atoms. The van der Waals surface area contributed by atoms with Crippen LogP contribution < -0.4 is 5.32 Å². The van der Waals surface area contributed by atoms with E-state index in [1.165, 1.54) is 0 Å². The van der Waals surface area contributed by atoms with Crippen LogP contribution in [0.5, 0.6) is 0 Å². The molecule has 0 saturated carbocycles. The van der Waals surface area contributed by atoms with Gasteiger partial charge < -0.3 is 10.1 Å². The first-order valence-electron chi connectivity index (χ1n) is 7.28. The largest absolute Gasteiger partial charge is 0.371 e. The van der Waals surface area contributed by atoms with E-state index in [1.807, 2.05) is 55.5 Å². The molecule has 3 heteroatoms.